The number of rotatable bonds is 0. The summed E-state index contributed by atoms with van der Waals surface area (Å²) in [4.78, 5) is 3.61. The van der Waals surface area contributed by atoms with E-state index in [4.69, 9.17) is 0 Å². The third-order valence-electron chi connectivity index (χ3n) is 0.258. The normalized spacial score (nSPS) is 8.00. The maximum absolute atomic E-state index is 4.25. The summed E-state index contributed by atoms with van der Waals surface area (Å²) < 4.78 is 4.25. The van der Waals surface area contributed by atoms with Gasteiger partial charge in [-0.05, 0) is 13.1 Å². The molecule has 0 spiro atoms. The summed E-state index contributed by atoms with van der Waals surface area (Å²) in [6.07, 6.45) is 1.75. The Bertz CT molecular complexity index is 31.1. The summed E-state index contributed by atoms with van der Waals surface area (Å²) in [5.74, 6) is 0. The highest BCUT2D eigenvalue weighted by atomic mass is 16.4. The first-order valence-corrected chi connectivity index (χ1v) is 2.10. The van der Waals surface area contributed by atoms with E-state index in [9.17, 15) is 0 Å². The van der Waals surface area contributed by atoms with Crippen LogP contribution in [0.15, 0.2) is 4.99 Å². The minimum Gasteiger partial charge on any atom is -0.388 e. The first kappa shape index (κ1) is 9.80. The number of hydrogen-bond donors (Lipinski definition) is 0. The second-order valence-electron chi connectivity index (χ2n) is 0.925. The quantitative estimate of drug-likeness (QED) is 0.419. The van der Waals surface area contributed by atoms with Gasteiger partial charge in [0.05, 0.1) is 0 Å². The first-order chi connectivity index (χ1) is 3.33. The lowest BCUT2D eigenvalue weighted by molar-refractivity contribution is 0.277. The molecule has 44 valence electrons. The van der Waals surface area contributed by atoms with Gasteiger partial charge in [-0.15, -0.1) is 0 Å². The van der Waals surface area contributed by atoms with Crippen LogP contribution in [-0.2, 0) is 4.74 Å². The highest BCUT2D eigenvalue weighted by Gasteiger charge is 1.32. The molecule has 0 rings (SSSR count). The Morgan fingerprint density at radius 3 is 1.57 bits per heavy atom. The molecule has 0 bridgehead atoms. The Labute approximate surface area is 45.2 Å². The fourth-order valence-corrected chi connectivity index (χ4v) is 0. The lowest BCUT2D eigenvalue weighted by Crippen LogP contribution is -1.55. The fraction of sp³-hybridized carbons (Fsp3) is 0.800. The second kappa shape index (κ2) is 17.4. The average Bonchev–Trinajstić information content (AvgIpc) is 1.69. The predicted octanol–water partition coefficient (Wildman–Crippen LogP) is 0.970. The monoisotopic (exact) mass is 103 g/mol. The third-order valence-corrected chi connectivity index (χ3v) is 0.258. The number of aliphatic imine (C=N–C) groups is 1. The molecule has 2 nitrogen and oxygen atoms in total. The molecule has 0 heterocycles. The minimum atomic E-state index is 1.62. The van der Waals surface area contributed by atoms with Crippen molar-refractivity contribution in [3.8, 4) is 0 Å². The molecule has 0 saturated carbocycles. The molecule has 0 aromatic heterocycles. The number of nitrogens with zero attached hydrogens (tertiary/aromatic N) is 1. The van der Waals surface area contributed by atoms with Crippen LogP contribution in [-0.4, -0.2) is 27.5 Å². The zero-order valence-electron chi connectivity index (χ0n) is 5.43. The highest BCUT2D eigenvalue weighted by Crippen LogP contribution is 1.39. The van der Waals surface area contributed by atoms with Crippen LogP contribution in [0, 0.1) is 0 Å². The SMILES string of the molecule is CC=NC.COC. The van der Waals surface area contributed by atoms with E-state index in [1.54, 1.807) is 27.5 Å². The summed E-state index contributed by atoms with van der Waals surface area (Å²) in [5.41, 5.74) is 0. The van der Waals surface area contributed by atoms with Gasteiger partial charge >= 0.3 is 0 Å². The van der Waals surface area contributed by atoms with Gasteiger partial charge in [-0.1, -0.05) is 0 Å². The second-order valence-corrected chi connectivity index (χ2v) is 0.925. The van der Waals surface area contributed by atoms with Gasteiger partial charge in [-0.2, -0.15) is 0 Å². The Morgan fingerprint density at radius 2 is 1.57 bits per heavy atom. The molecule has 7 heavy (non-hydrogen) atoms. The molecule has 0 amide bonds. The lowest BCUT2D eigenvalue weighted by Gasteiger charge is -1.61. The van der Waals surface area contributed by atoms with Crippen LogP contribution in [0.3, 0.4) is 0 Å². The van der Waals surface area contributed by atoms with Crippen molar-refractivity contribution in [2.24, 2.45) is 4.99 Å². The molecule has 0 saturated heterocycles. The largest absolute Gasteiger partial charge is 0.388 e. The molecule has 0 aromatic carbocycles. The molecular weight excluding hydrogens is 90.1 g/mol. The van der Waals surface area contributed by atoms with Crippen LogP contribution in [0.2, 0.25) is 0 Å². The topological polar surface area (TPSA) is 21.6 Å². The van der Waals surface area contributed by atoms with Gasteiger partial charge in [0, 0.05) is 21.3 Å². The van der Waals surface area contributed by atoms with Crippen LogP contribution in [0.1, 0.15) is 6.92 Å². The molecule has 0 aliphatic rings. The van der Waals surface area contributed by atoms with E-state index in [1.807, 2.05) is 6.92 Å². The van der Waals surface area contributed by atoms with E-state index in [0.29, 0.717) is 0 Å². The Balaban J connectivity index is 0. The van der Waals surface area contributed by atoms with E-state index >= 15 is 0 Å². The van der Waals surface area contributed by atoms with Crippen molar-refractivity contribution in [1.29, 1.82) is 0 Å². The van der Waals surface area contributed by atoms with E-state index in [-0.39, 0.29) is 0 Å². The summed E-state index contributed by atoms with van der Waals surface area (Å²) in [6.45, 7) is 1.89. The molecule has 0 aliphatic heterocycles. The molecule has 0 N–H and O–H groups in total. The number of methoxy groups -OCH3 is 1. The molecule has 0 unspecified atom stereocenters. The predicted molar refractivity (Wildman–Crippen MR) is 33.0 cm³/mol. The van der Waals surface area contributed by atoms with Crippen molar-refractivity contribution in [2.75, 3.05) is 21.3 Å². The number of hydrogen-bond acceptors (Lipinski definition) is 2. The molecule has 2 heteroatoms. The highest BCUT2D eigenvalue weighted by molar-refractivity contribution is 5.52. The van der Waals surface area contributed by atoms with E-state index < -0.39 is 0 Å². The summed E-state index contributed by atoms with van der Waals surface area (Å²) >= 11 is 0. The van der Waals surface area contributed by atoms with Crippen LogP contribution in [0.5, 0.6) is 0 Å². The Kier molecular flexibility index (Phi) is 24.4. The number of ether oxygens (including phenoxy) is 1. The molecular formula is C5H13NO. The van der Waals surface area contributed by atoms with Gasteiger partial charge in [-0.3, -0.25) is 0 Å². The van der Waals surface area contributed by atoms with Gasteiger partial charge < -0.3 is 9.73 Å². The van der Waals surface area contributed by atoms with Crippen molar-refractivity contribution < 1.29 is 4.74 Å². The van der Waals surface area contributed by atoms with Gasteiger partial charge in [-0.25, -0.2) is 0 Å². The zero-order valence-corrected chi connectivity index (χ0v) is 5.43. The zero-order chi connectivity index (χ0) is 6.12. The van der Waals surface area contributed by atoms with Crippen molar-refractivity contribution in [2.45, 2.75) is 6.92 Å². The Morgan fingerprint density at radius 1 is 1.43 bits per heavy atom. The molecule has 0 radical (unpaired) electrons. The third kappa shape index (κ3) is 187. The van der Waals surface area contributed by atoms with Gasteiger partial charge in [0.25, 0.3) is 0 Å². The van der Waals surface area contributed by atoms with Crippen molar-refractivity contribution in [3.05, 3.63) is 0 Å². The fourth-order valence-electron chi connectivity index (χ4n) is 0. The van der Waals surface area contributed by atoms with Crippen molar-refractivity contribution in [3.63, 3.8) is 0 Å². The van der Waals surface area contributed by atoms with Gasteiger partial charge in [0.1, 0.15) is 0 Å². The van der Waals surface area contributed by atoms with E-state index in [0.717, 1.165) is 0 Å². The van der Waals surface area contributed by atoms with Gasteiger partial charge in [0.2, 0.25) is 0 Å². The molecule has 0 aliphatic carbocycles. The molecule has 0 aromatic rings. The summed E-state index contributed by atoms with van der Waals surface area (Å²) in [6, 6.07) is 0. The van der Waals surface area contributed by atoms with Crippen LogP contribution >= 0.6 is 0 Å². The van der Waals surface area contributed by atoms with E-state index in [2.05, 4.69) is 9.73 Å². The maximum atomic E-state index is 4.25. The Hall–Kier alpha value is -0.370. The van der Waals surface area contributed by atoms with Crippen molar-refractivity contribution in [1.82, 2.24) is 0 Å². The lowest BCUT2D eigenvalue weighted by atomic mass is 10.9. The van der Waals surface area contributed by atoms with Crippen LogP contribution < -0.4 is 0 Å². The molecule has 0 fully saturated rings. The summed E-state index contributed by atoms with van der Waals surface area (Å²) in [7, 11) is 5.00. The van der Waals surface area contributed by atoms with E-state index in [1.165, 1.54) is 0 Å². The van der Waals surface area contributed by atoms with Crippen LogP contribution in [0.4, 0.5) is 0 Å². The molecule has 0 atom stereocenters. The van der Waals surface area contributed by atoms with Gasteiger partial charge in [0.15, 0.2) is 0 Å². The van der Waals surface area contributed by atoms with Crippen LogP contribution in [0.25, 0.3) is 0 Å². The maximum Gasteiger partial charge on any atom is 0.0351 e. The minimum absolute atomic E-state index is 1.62. The standard InChI is InChI=1S/C3H7N.C2H6O/c1-3-4-2;1-3-2/h3H,1-2H3;1-2H3. The first-order valence-electron chi connectivity index (χ1n) is 2.10. The average molecular weight is 103 g/mol. The smallest absolute Gasteiger partial charge is 0.0351 e. The summed E-state index contributed by atoms with van der Waals surface area (Å²) in [5, 5.41) is 0. The van der Waals surface area contributed by atoms with Crippen molar-refractivity contribution >= 4 is 6.21 Å².